The van der Waals surface area contributed by atoms with E-state index in [0.29, 0.717) is 6.42 Å². The van der Waals surface area contributed by atoms with Crippen molar-refractivity contribution < 1.29 is 28.6 Å². The maximum atomic E-state index is 12.9. The van der Waals surface area contributed by atoms with Crippen molar-refractivity contribution in [2.24, 2.45) is 0 Å². The predicted molar refractivity (Wildman–Crippen MR) is 353 cm³/mol. The number of rotatable bonds is 62. The molecular formula is C75H128O6. The topological polar surface area (TPSA) is 78.9 Å². The minimum Gasteiger partial charge on any atom is -0.462 e. The summed E-state index contributed by atoms with van der Waals surface area (Å²) < 4.78 is 16.8. The van der Waals surface area contributed by atoms with Crippen LogP contribution in [0.2, 0.25) is 0 Å². The second kappa shape index (κ2) is 68.6. The van der Waals surface area contributed by atoms with Gasteiger partial charge in [-0.1, -0.05) is 336 Å². The average Bonchev–Trinajstić information content (AvgIpc) is 3.47. The molecule has 0 bridgehead atoms. The van der Waals surface area contributed by atoms with Crippen LogP contribution in [0.1, 0.15) is 329 Å². The van der Waals surface area contributed by atoms with Crippen LogP contribution < -0.4 is 0 Å². The van der Waals surface area contributed by atoms with Gasteiger partial charge in [0.25, 0.3) is 0 Å². The van der Waals surface area contributed by atoms with Crippen LogP contribution in [0.3, 0.4) is 0 Å². The highest BCUT2D eigenvalue weighted by molar-refractivity contribution is 5.72. The van der Waals surface area contributed by atoms with E-state index < -0.39 is 12.1 Å². The molecule has 6 nitrogen and oxygen atoms in total. The van der Waals surface area contributed by atoms with Crippen LogP contribution in [0.4, 0.5) is 0 Å². The van der Waals surface area contributed by atoms with Crippen LogP contribution in [-0.2, 0) is 28.6 Å². The van der Waals surface area contributed by atoms with E-state index in [1.165, 1.54) is 180 Å². The summed E-state index contributed by atoms with van der Waals surface area (Å²) in [5.74, 6) is -1.07. The highest BCUT2D eigenvalue weighted by Crippen LogP contribution is 2.18. The zero-order valence-electron chi connectivity index (χ0n) is 53.3. The van der Waals surface area contributed by atoms with E-state index in [-0.39, 0.29) is 38.0 Å². The van der Waals surface area contributed by atoms with Crippen molar-refractivity contribution in [2.45, 2.75) is 335 Å². The first-order valence-electron chi connectivity index (χ1n) is 34.4. The van der Waals surface area contributed by atoms with Crippen molar-refractivity contribution in [3.63, 3.8) is 0 Å². The zero-order chi connectivity index (χ0) is 58.5. The lowest BCUT2D eigenvalue weighted by atomic mass is 10.0. The highest BCUT2D eigenvalue weighted by Gasteiger charge is 2.19. The molecule has 1 unspecified atom stereocenters. The minimum atomic E-state index is -0.833. The van der Waals surface area contributed by atoms with Gasteiger partial charge in [0.2, 0.25) is 0 Å². The first-order valence-corrected chi connectivity index (χ1v) is 34.4. The monoisotopic (exact) mass is 1120 g/mol. The number of hydrogen-bond donors (Lipinski definition) is 0. The Morgan fingerprint density at radius 2 is 0.531 bits per heavy atom. The molecule has 0 heterocycles. The van der Waals surface area contributed by atoms with Crippen molar-refractivity contribution >= 4 is 17.9 Å². The summed E-state index contributed by atoms with van der Waals surface area (Å²) >= 11 is 0. The second-order valence-electron chi connectivity index (χ2n) is 22.7. The summed E-state index contributed by atoms with van der Waals surface area (Å²) in [6, 6.07) is 0. The zero-order valence-corrected chi connectivity index (χ0v) is 53.3. The van der Waals surface area contributed by atoms with Crippen molar-refractivity contribution in [2.75, 3.05) is 13.2 Å². The van der Waals surface area contributed by atoms with E-state index in [4.69, 9.17) is 14.2 Å². The summed E-state index contributed by atoms with van der Waals surface area (Å²) in [4.78, 5) is 38.3. The van der Waals surface area contributed by atoms with Crippen LogP contribution in [0.15, 0.2) is 109 Å². The molecule has 81 heavy (non-hydrogen) atoms. The molecule has 0 spiro atoms. The molecule has 0 aliphatic heterocycles. The number of carbonyl (C=O) groups is 3. The van der Waals surface area contributed by atoms with Crippen LogP contribution in [-0.4, -0.2) is 37.2 Å². The number of ether oxygens (including phenoxy) is 3. The normalized spacial score (nSPS) is 12.8. The van der Waals surface area contributed by atoms with Crippen LogP contribution in [0.25, 0.3) is 0 Å². The lowest BCUT2D eigenvalue weighted by Gasteiger charge is -2.18. The summed E-state index contributed by atoms with van der Waals surface area (Å²) in [6.45, 7) is 6.34. The molecule has 0 aromatic heterocycles. The Labute approximate surface area is 501 Å². The minimum absolute atomic E-state index is 0.117. The van der Waals surface area contributed by atoms with Gasteiger partial charge in [0.1, 0.15) is 13.2 Å². The number of hydrogen-bond acceptors (Lipinski definition) is 6. The van der Waals surface area contributed by atoms with Crippen molar-refractivity contribution in [3.05, 3.63) is 109 Å². The van der Waals surface area contributed by atoms with Gasteiger partial charge in [0.15, 0.2) is 6.10 Å². The number of unbranched alkanes of at least 4 members (excludes halogenated alkanes) is 34. The fourth-order valence-corrected chi connectivity index (χ4v) is 9.75. The van der Waals surface area contributed by atoms with Gasteiger partial charge in [0.05, 0.1) is 6.42 Å². The van der Waals surface area contributed by atoms with Crippen molar-refractivity contribution in [1.29, 1.82) is 0 Å². The fraction of sp³-hybridized carbons (Fsp3) is 0.720. The Bertz CT molecular complexity index is 1620. The molecule has 0 saturated carbocycles. The van der Waals surface area contributed by atoms with Gasteiger partial charge in [-0.3, -0.25) is 14.4 Å². The molecule has 0 aromatic carbocycles. The lowest BCUT2D eigenvalue weighted by molar-refractivity contribution is -0.166. The largest absolute Gasteiger partial charge is 0.462 e. The summed E-state index contributed by atoms with van der Waals surface area (Å²) in [5, 5.41) is 0. The van der Waals surface area contributed by atoms with E-state index in [2.05, 4.69) is 118 Å². The summed E-state index contributed by atoms with van der Waals surface area (Å²) in [6.07, 6.45) is 94.5. The molecule has 0 aliphatic carbocycles. The molecule has 0 aliphatic rings. The first kappa shape index (κ1) is 77.1. The van der Waals surface area contributed by atoms with Crippen LogP contribution >= 0.6 is 0 Å². The number of allylic oxidation sites excluding steroid dienone is 17. The van der Waals surface area contributed by atoms with E-state index in [9.17, 15) is 14.4 Å². The molecule has 0 rings (SSSR count). The molecule has 0 aromatic rings. The molecule has 464 valence electrons. The lowest BCUT2D eigenvalue weighted by Crippen LogP contribution is -2.30. The Hall–Kier alpha value is -3.93. The third kappa shape index (κ3) is 66.8. The SMILES string of the molecule is CC/C=C\C/C=C\C/C=C\C/C=C\C/C=C\CC(=O)OCC(COC(=O)CCCCCCCCCCCCCCCCCCCCCCCCCCCCCCCCC)OC(=O)CCCCCC/C=C\C/C=C\C/C=C\C/C=C\CC. The molecular weight excluding hydrogens is 997 g/mol. The molecule has 0 fully saturated rings. The van der Waals surface area contributed by atoms with Gasteiger partial charge in [-0.2, -0.15) is 0 Å². The fourth-order valence-electron chi connectivity index (χ4n) is 9.75. The average molecular weight is 1130 g/mol. The second-order valence-corrected chi connectivity index (χ2v) is 22.7. The maximum Gasteiger partial charge on any atom is 0.309 e. The number of carbonyl (C=O) groups excluding carboxylic acids is 3. The van der Waals surface area contributed by atoms with Gasteiger partial charge < -0.3 is 14.2 Å². The van der Waals surface area contributed by atoms with E-state index in [1.54, 1.807) is 6.08 Å². The van der Waals surface area contributed by atoms with Crippen molar-refractivity contribution in [3.8, 4) is 0 Å². The highest BCUT2D eigenvalue weighted by atomic mass is 16.6. The van der Waals surface area contributed by atoms with Crippen LogP contribution in [0, 0.1) is 0 Å². The third-order valence-corrected chi connectivity index (χ3v) is 14.8. The summed E-state index contributed by atoms with van der Waals surface area (Å²) in [7, 11) is 0. The Balaban J connectivity index is 4.27. The van der Waals surface area contributed by atoms with Crippen molar-refractivity contribution in [1.82, 2.24) is 0 Å². The standard InChI is InChI=1S/C75H128O6/c1-4-7-10-13-16-19-22-25-28-30-31-32-33-34-35-36-37-38-39-40-41-42-43-45-47-50-53-56-59-62-65-68-74(77)80-71-72(70-79-73(76)67-64-61-58-55-52-49-46-27-24-21-18-15-12-9-6-3)81-75(78)69-66-63-60-57-54-51-48-44-29-26-23-20-17-14-11-8-5-2/h8-9,11-12,17-18,20-21,26-27,29,46,48,51-52,55,61,64,72H,4-7,10,13-16,19,22-25,28,30-45,47,49-50,53-54,56-60,62-63,65-71H2,1-3H3/b11-8-,12-9-,20-17-,21-18-,29-26-,46-27-,51-48-,55-52-,64-61-. The molecule has 0 amide bonds. The molecule has 0 N–H and O–H groups in total. The predicted octanol–water partition coefficient (Wildman–Crippen LogP) is 23.8. The van der Waals surface area contributed by atoms with Crippen LogP contribution in [0.5, 0.6) is 0 Å². The quantitative estimate of drug-likeness (QED) is 0.0261. The number of esters is 3. The van der Waals surface area contributed by atoms with Gasteiger partial charge >= 0.3 is 17.9 Å². The van der Waals surface area contributed by atoms with E-state index >= 15 is 0 Å². The van der Waals surface area contributed by atoms with E-state index in [0.717, 1.165) is 109 Å². The van der Waals surface area contributed by atoms with Gasteiger partial charge in [-0.05, 0) is 83.5 Å². The van der Waals surface area contributed by atoms with Gasteiger partial charge in [0, 0.05) is 12.8 Å². The molecule has 1 atom stereocenters. The Morgan fingerprint density at radius 1 is 0.272 bits per heavy atom. The first-order chi connectivity index (χ1) is 40.0. The van der Waals surface area contributed by atoms with E-state index in [1.807, 2.05) is 6.08 Å². The molecule has 0 saturated heterocycles. The smallest absolute Gasteiger partial charge is 0.309 e. The third-order valence-electron chi connectivity index (χ3n) is 14.8. The summed E-state index contributed by atoms with van der Waals surface area (Å²) in [5.41, 5.74) is 0. The Kier molecular flexibility index (Phi) is 65.2. The molecule has 0 radical (unpaired) electrons. The maximum absolute atomic E-state index is 12.9. The molecule has 6 heteroatoms. The van der Waals surface area contributed by atoms with Gasteiger partial charge in [-0.15, -0.1) is 0 Å². The van der Waals surface area contributed by atoms with Gasteiger partial charge in [-0.25, -0.2) is 0 Å². The Morgan fingerprint density at radius 3 is 0.864 bits per heavy atom.